The maximum Gasteiger partial charge on any atom is 0.346 e. The largest absolute Gasteiger partial charge is 0.478 e. The molecule has 0 fully saturated rings. The average Bonchev–Trinajstić information content (AvgIpc) is 2.83. The molecule has 20 heavy (non-hydrogen) atoms. The summed E-state index contributed by atoms with van der Waals surface area (Å²) in [5, 5.41) is 8.81. The number of aromatic amines is 1. The number of carbonyl (C=O) groups is 1. The van der Waals surface area contributed by atoms with Crippen LogP contribution in [0.2, 0.25) is 0 Å². The van der Waals surface area contributed by atoms with E-state index in [1.807, 2.05) is 6.20 Å². The molecule has 1 aromatic heterocycles. The number of H-pyrrole nitrogens is 1. The van der Waals surface area contributed by atoms with E-state index in [1.165, 1.54) is 51.4 Å². The molecule has 0 aliphatic heterocycles. The number of rotatable bonds is 12. The molecule has 0 atom stereocenters. The van der Waals surface area contributed by atoms with Crippen LogP contribution in [0, 0.1) is 0 Å². The summed E-state index contributed by atoms with van der Waals surface area (Å²) in [6.07, 6.45) is 16.4. The number of hydrogen-bond acceptors (Lipinski definition) is 1. The number of unbranched alkanes of at least 4 members (excludes halogenated alkanes) is 8. The Bertz CT molecular complexity index is 374. The van der Waals surface area contributed by atoms with Crippen molar-refractivity contribution in [3.8, 4) is 0 Å². The van der Waals surface area contributed by atoms with E-state index in [0.29, 0.717) is 0 Å². The zero-order valence-electron chi connectivity index (χ0n) is 12.7. The van der Waals surface area contributed by atoms with E-state index in [4.69, 9.17) is 5.11 Å². The van der Waals surface area contributed by atoms with Gasteiger partial charge in [0.15, 0.2) is 6.54 Å². The van der Waals surface area contributed by atoms with E-state index in [-0.39, 0.29) is 6.54 Å². The molecule has 0 unspecified atom stereocenters. The molecule has 0 bridgehead atoms. The van der Waals surface area contributed by atoms with E-state index in [2.05, 4.69) is 11.9 Å². The summed E-state index contributed by atoms with van der Waals surface area (Å²) < 4.78 is 1.78. The zero-order valence-corrected chi connectivity index (χ0v) is 12.7. The summed E-state index contributed by atoms with van der Waals surface area (Å²) >= 11 is 0. The monoisotopic (exact) mass is 281 g/mol. The summed E-state index contributed by atoms with van der Waals surface area (Å²) in [5.41, 5.74) is 0. The molecule has 0 aliphatic carbocycles. The standard InChI is InChI=1S/C16H28N2O2/c1-2-3-4-5-6-7-8-9-10-11-15-17-12-13-18(15)14-16(19)20/h12-13H,2-11,14H2,1H3,(H,19,20)/p+1. The van der Waals surface area contributed by atoms with Gasteiger partial charge in [0.05, 0.1) is 0 Å². The first-order valence-corrected chi connectivity index (χ1v) is 8.01. The number of aliphatic carboxylic acids is 1. The molecule has 4 nitrogen and oxygen atoms in total. The summed E-state index contributed by atoms with van der Waals surface area (Å²) in [6, 6.07) is 0. The van der Waals surface area contributed by atoms with Crippen molar-refractivity contribution < 1.29 is 14.5 Å². The Labute approximate surface area is 122 Å². The van der Waals surface area contributed by atoms with Crippen LogP contribution in [0.25, 0.3) is 0 Å². The predicted octanol–water partition coefficient (Wildman–Crippen LogP) is 3.46. The minimum absolute atomic E-state index is 0.0518. The number of imidazole rings is 1. The van der Waals surface area contributed by atoms with Gasteiger partial charge >= 0.3 is 5.97 Å². The molecular weight excluding hydrogens is 252 g/mol. The van der Waals surface area contributed by atoms with Crippen LogP contribution >= 0.6 is 0 Å². The molecule has 0 radical (unpaired) electrons. The molecule has 0 spiro atoms. The molecule has 0 aromatic carbocycles. The smallest absolute Gasteiger partial charge is 0.346 e. The number of carboxylic acids is 1. The maximum absolute atomic E-state index is 10.7. The fourth-order valence-corrected chi connectivity index (χ4v) is 2.51. The summed E-state index contributed by atoms with van der Waals surface area (Å²) in [4.78, 5) is 13.8. The van der Waals surface area contributed by atoms with E-state index in [9.17, 15) is 4.79 Å². The Morgan fingerprint density at radius 2 is 1.70 bits per heavy atom. The van der Waals surface area contributed by atoms with Gasteiger partial charge in [-0.25, -0.2) is 14.3 Å². The molecule has 2 N–H and O–H groups in total. The van der Waals surface area contributed by atoms with E-state index in [1.54, 1.807) is 10.8 Å². The number of nitrogens with zero attached hydrogens (tertiary/aromatic N) is 1. The lowest BCUT2D eigenvalue weighted by Gasteiger charge is -2.01. The molecular formula is C16H29N2O2+. The molecule has 1 rings (SSSR count). The number of aryl methyl sites for hydroxylation is 1. The Balaban J connectivity index is 2.04. The minimum atomic E-state index is -0.789. The Morgan fingerprint density at radius 3 is 2.30 bits per heavy atom. The second kappa shape index (κ2) is 10.5. The first-order valence-electron chi connectivity index (χ1n) is 8.01. The lowest BCUT2D eigenvalue weighted by atomic mass is 10.1. The Kier molecular flexibility index (Phi) is 8.76. The van der Waals surface area contributed by atoms with Gasteiger partial charge in [-0.05, 0) is 6.42 Å². The summed E-state index contributed by atoms with van der Waals surface area (Å²) in [5.74, 6) is 0.235. The highest BCUT2D eigenvalue weighted by Crippen LogP contribution is 2.10. The summed E-state index contributed by atoms with van der Waals surface area (Å²) in [7, 11) is 0. The topological polar surface area (TPSA) is 57.0 Å². The quantitative estimate of drug-likeness (QED) is 0.455. The lowest BCUT2D eigenvalue weighted by molar-refractivity contribution is -0.691. The van der Waals surface area contributed by atoms with Crippen LogP contribution in [0.4, 0.5) is 0 Å². The van der Waals surface area contributed by atoms with Crippen LogP contribution in [-0.2, 0) is 17.8 Å². The van der Waals surface area contributed by atoms with Crippen molar-refractivity contribution >= 4 is 5.97 Å². The number of hydrogen-bond donors (Lipinski definition) is 2. The third-order valence-electron chi connectivity index (χ3n) is 3.67. The van der Waals surface area contributed by atoms with Crippen LogP contribution in [0.5, 0.6) is 0 Å². The SMILES string of the molecule is CCCCCCCCCCCc1[nH]cc[n+]1CC(=O)O. The summed E-state index contributed by atoms with van der Waals surface area (Å²) in [6.45, 7) is 2.30. The lowest BCUT2D eigenvalue weighted by Crippen LogP contribution is -2.39. The Morgan fingerprint density at radius 1 is 1.10 bits per heavy atom. The predicted molar refractivity (Wildman–Crippen MR) is 79.6 cm³/mol. The van der Waals surface area contributed by atoms with Gasteiger partial charge in [0.2, 0.25) is 0 Å². The molecule has 0 aliphatic rings. The molecule has 0 amide bonds. The van der Waals surface area contributed by atoms with Crippen LogP contribution in [0.3, 0.4) is 0 Å². The highest BCUT2D eigenvalue weighted by Gasteiger charge is 2.12. The van der Waals surface area contributed by atoms with Crippen molar-refractivity contribution in [2.24, 2.45) is 0 Å². The molecule has 0 saturated heterocycles. The first-order chi connectivity index (χ1) is 9.74. The van der Waals surface area contributed by atoms with E-state index < -0.39 is 5.97 Å². The number of aromatic nitrogens is 2. The van der Waals surface area contributed by atoms with Gasteiger partial charge in [0.25, 0.3) is 5.82 Å². The zero-order chi connectivity index (χ0) is 14.6. The van der Waals surface area contributed by atoms with Gasteiger partial charge in [-0.2, -0.15) is 0 Å². The highest BCUT2D eigenvalue weighted by atomic mass is 16.4. The van der Waals surface area contributed by atoms with Crippen molar-refractivity contribution in [1.29, 1.82) is 0 Å². The van der Waals surface area contributed by atoms with Gasteiger partial charge in [-0.1, -0.05) is 58.3 Å². The van der Waals surface area contributed by atoms with Crippen LogP contribution in [0.15, 0.2) is 12.4 Å². The van der Waals surface area contributed by atoms with Crippen molar-refractivity contribution in [3.05, 3.63) is 18.2 Å². The van der Waals surface area contributed by atoms with Crippen LogP contribution < -0.4 is 4.57 Å². The van der Waals surface area contributed by atoms with Crippen molar-refractivity contribution in [2.75, 3.05) is 0 Å². The highest BCUT2D eigenvalue weighted by molar-refractivity contribution is 5.64. The van der Waals surface area contributed by atoms with Gasteiger partial charge < -0.3 is 5.11 Å². The van der Waals surface area contributed by atoms with E-state index >= 15 is 0 Å². The van der Waals surface area contributed by atoms with Crippen molar-refractivity contribution in [2.45, 2.75) is 77.7 Å². The van der Waals surface area contributed by atoms with Crippen molar-refractivity contribution in [1.82, 2.24) is 4.98 Å². The number of nitrogens with one attached hydrogen (secondary N) is 1. The van der Waals surface area contributed by atoms with E-state index in [0.717, 1.165) is 18.7 Å². The molecule has 1 aromatic rings. The van der Waals surface area contributed by atoms with Gasteiger partial charge in [0, 0.05) is 6.42 Å². The Hall–Kier alpha value is -1.32. The minimum Gasteiger partial charge on any atom is -0.478 e. The number of carboxylic acid groups (broad SMARTS) is 1. The van der Waals surface area contributed by atoms with Crippen LogP contribution in [-0.4, -0.2) is 16.1 Å². The fourth-order valence-electron chi connectivity index (χ4n) is 2.51. The second-order valence-corrected chi connectivity index (χ2v) is 5.51. The van der Waals surface area contributed by atoms with Crippen molar-refractivity contribution in [3.63, 3.8) is 0 Å². The van der Waals surface area contributed by atoms with Gasteiger partial charge in [0.1, 0.15) is 12.4 Å². The van der Waals surface area contributed by atoms with Gasteiger partial charge in [-0.15, -0.1) is 0 Å². The molecule has 0 saturated carbocycles. The van der Waals surface area contributed by atoms with Gasteiger partial charge in [-0.3, -0.25) is 0 Å². The maximum atomic E-state index is 10.7. The molecule has 1 heterocycles. The normalized spacial score (nSPS) is 10.8. The fraction of sp³-hybridized carbons (Fsp3) is 0.750. The first kappa shape index (κ1) is 16.7. The molecule has 4 heteroatoms. The van der Waals surface area contributed by atoms with Crippen LogP contribution in [0.1, 0.15) is 70.5 Å². The second-order valence-electron chi connectivity index (χ2n) is 5.51. The average molecular weight is 281 g/mol. The third-order valence-corrected chi connectivity index (χ3v) is 3.67. The molecule has 114 valence electrons. The third kappa shape index (κ3) is 7.31.